The summed E-state index contributed by atoms with van der Waals surface area (Å²) in [4.78, 5) is 0. The van der Waals surface area contributed by atoms with Crippen molar-refractivity contribution in [2.75, 3.05) is 0 Å². The second-order valence-electron chi connectivity index (χ2n) is 0. The molecule has 0 unspecified atom stereocenters. The van der Waals surface area contributed by atoms with Crippen LogP contribution >= 0.6 is 0 Å². The Labute approximate surface area is 98.4 Å². The zero-order chi connectivity index (χ0) is 0. The molecule has 0 amide bonds. The molecule has 0 radical (unpaired) electrons. The zero-order valence-electron chi connectivity index (χ0n) is 4.26. The molecule has 0 bridgehead atoms. The molecule has 0 fully saturated rings. The fourth-order valence-electron chi connectivity index (χ4n) is 0. The average Bonchev–Trinajstić information content (AvgIpc) is 0. The standard InChI is InChI=1S/Ce.2ClH.6H2O/h;2*1H;6*1H2/p-2. The summed E-state index contributed by atoms with van der Waals surface area (Å²) in [6, 6.07) is 0. The van der Waals surface area contributed by atoms with Gasteiger partial charge in [0.15, 0.2) is 0 Å². The van der Waals surface area contributed by atoms with Crippen LogP contribution in [-0.4, -0.2) is 32.9 Å². The topological polar surface area (TPSA) is 189 Å². The molecular formula is H12CeCl2O6-2. The van der Waals surface area contributed by atoms with E-state index in [1.807, 2.05) is 0 Å². The minimum Gasteiger partial charge on any atom is -1.00 e. The fourth-order valence-corrected chi connectivity index (χ4v) is 0. The summed E-state index contributed by atoms with van der Waals surface area (Å²) in [5.41, 5.74) is 0. The van der Waals surface area contributed by atoms with E-state index < -0.39 is 0 Å². The fraction of sp³-hybridized carbons (Fsp3) is 0. The summed E-state index contributed by atoms with van der Waals surface area (Å²) in [7, 11) is 0. The third kappa shape index (κ3) is 196. The summed E-state index contributed by atoms with van der Waals surface area (Å²) in [6.45, 7) is 0. The molecule has 68 valence electrons. The number of halogens is 2. The Bertz CT molecular complexity index is 11.0. The van der Waals surface area contributed by atoms with E-state index in [4.69, 9.17) is 0 Å². The molecular weight excluding hydrogens is 307 g/mol. The molecule has 0 aromatic rings. The van der Waals surface area contributed by atoms with Crippen LogP contribution in [0.4, 0.5) is 0 Å². The molecule has 9 heteroatoms. The van der Waals surface area contributed by atoms with Crippen LogP contribution in [0, 0.1) is 41.7 Å². The molecule has 0 aromatic heterocycles. The van der Waals surface area contributed by atoms with Crippen LogP contribution in [0.3, 0.4) is 0 Å². The van der Waals surface area contributed by atoms with Gasteiger partial charge >= 0.3 is 0 Å². The molecule has 0 spiro atoms. The summed E-state index contributed by atoms with van der Waals surface area (Å²) in [5.74, 6) is 0. The van der Waals surface area contributed by atoms with Gasteiger partial charge in [-0.15, -0.1) is 0 Å². The van der Waals surface area contributed by atoms with Crippen LogP contribution in [0.5, 0.6) is 0 Å². The maximum atomic E-state index is 0. The Hall–Kier alpha value is 1.72. The van der Waals surface area contributed by atoms with Crippen molar-refractivity contribution in [1.29, 1.82) is 0 Å². The molecule has 0 aliphatic heterocycles. The molecule has 0 saturated carbocycles. The summed E-state index contributed by atoms with van der Waals surface area (Å²) in [6.07, 6.45) is 0. The first-order valence-corrected chi connectivity index (χ1v) is 0. The Balaban J connectivity index is 0. The third-order valence-corrected chi connectivity index (χ3v) is 0. The van der Waals surface area contributed by atoms with Crippen molar-refractivity contribution in [2.45, 2.75) is 0 Å². The Morgan fingerprint density at radius 1 is 0.333 bits per heavy atom. The quantitative estimate of drug-likeness (QED) is 0.410. The maximum Gasteiger partial charge on any atom is 0 e. The largest absolute Gasteiger partial charge is 1.00 e. The molecule has 0 rings (SSSR count). The van der Waals surface area contributed by atoms with Gasteiger partial charge in [0.2, 0.25) is 0 Å². The normalized spacial score (nSPS) is 0. The second-order valence-corrected chi connectivity index (χ2v) is 0. The van der Waals surface area contributed by atoms with Crippen LogP contribution in [-0.2, 0) is 0 Å². The Morgan fingerprint density at radius 3 is 0.333 bits per heavy atom. The van der Waals surface area contributed by atoms with E-state index in [-0.39, 0.29) is 99.4 Å². The van der Waals surface area contributed by atoms with E-state index in [9.17, 15) is 0 Å². The smallest absolute Gasteiger partial charge is 0 e. The van der Waals surface area contributed by atoms with Gasteiger partial charge in [-0.2, -0.15) is 0 Å². The monoisotopic (exact) mass is 318 g/mol. The van der Waals surface area contributed by atoms with Crippen molar-refractivity contribution in [3.8, 4) is 0 Å². The average molecular weight is 319 g/mol. The molecule has 9 heavy (non-hydrogen) atoms. The van der Waals surface area contributed by atoms with Crippen LogP contribution in [0.25, 0.3) is 0 Å². The Morgan fingerprint density at radius 2 is 0.333 bits per heavy atom. The van der Waals surface area contributed by atoms with Gasteiger partial charge in [-0.1, -0.05) is 0 Å². The van der Waals surface area contributed by atoms with E-state index >= 15 is 0 Å². The van der Waals surface area contributed by atoms with Gasteiger partial charge in [0.25, 0.3) is 0 Å². The molecule has 0 atom stereocenters. The van der Waals surface area contributed by atoms with Gasteiger partial charge in [-0.25, -0.2) is 0 Å². The van der Waals surface area contributed by atoms with Crippen molar-refractivity contribution in [1.82, 2.24) is 0 Å². The van der Waals surface area contributed by atoms with Gasteiger partial charge in [-0.05, 0) is 0 Å². The summed E-state index contributed by atoms with van der Waals surface area (Å²) in [5, 5.41) is 0. The van der Waals surface area contributed by atoms with E-state index in [0.29, 0.717) is 0 Å². The van der Waals surface area contributed by atoms with E-state index in [1.165, 1.54) is 0 Å². The zero-order valence-corrected chi connectivity index (χ0v) is 8.91. The SMILES string of the molecule is O.O.O.O.O.O.[Ce].[Cl-].[Cl-]. The van der Waals surface area contributed by atoms with Crippen molar-refractivity contribution in [3.05, 3.63) is 0 Å². The molecule has 0 saturated heterocycles. The minimum absolute atomic E-state index is 0. The molecule has 0 heterocycles. The van der Waals surface area contributed by atoms with Crippen molar-refractivity contribution in [3.63, 3.8) is 0 Å². The number of hydrogen-bond donors (Lipinski definition) is 0. The maximum absolute atomic E-state index is 0. The first kappa shape index (κ1) is 343. The van der Waals surface area contributed by atoms with E-state index in [1.54, 1.807) is 0 Å². The van der Waals surface area contributed by atoms with Gasteiger partial charge < -0.3 is 57.7 Å². The molecule has 0 aliphatic rings. The molecule has 0 aliphatic carbocycles. The van der Waals surface area contributed by atoms with E-state index in [2.05, 4.69) is 0 Å². The van der Waals surface area contributed by atoms with Gasteiger partial charge in [0.1, 0.15) is 0 Å². The summed E-state index contributed by atoms with van der Waals surface area (Å²) >= 11 is 0. The van der Waals surface area contributed by atoms with Crippen molar-refractivity contribution < 1.29 is 99.4 Å². The van der Waals surface area contributed by atoms with Crippen molar-refractivity contribution >= 4 is 0 Å². The predicted octanol–water partition coefficient (Wildman–Crippen LogP) is -10.9. The molecule has 12 N–H and O–H groups in total. The van der Waals surface area contributed by atoms with Gasteiger partial charge in [-0.3, -0.25) is 0 Å². The molecule has 0 aromatic carbocycles. The van der Waals surface area contributed by atoms with Crippen LogP contribution in [0.2, 0.25) is 0 Å². The number of rotatable bonds is 0. The minimum atomic E-state index is 0. The van der Waals surface area contributed by atoms with Crippen LogP contribution in [0.1, 0.15) is 0 Å². The van der Waals surface area contributed by atoms with Crippen LogP contribution in [0.15, 0.2) is 0 Å². The van der Waals surface area contributed by atoms with Crippen molar-refractivity contribution in [2.24, 2.45) is 0 Å². The van der Waals surface area contributed by atoms with Crippen LogP contribution < -0.4 is 24.8 Å². The molecule has 6 nitrogen and oxygen atoms in total. The summed E-state index contributed by atoms with van der Waals surface area (Å²) < 4.78 is 0. The third-order valence-electron chi connectivity index (χ3n) is 0. The predicted molar refractivity (Wildman–Crippen MR) is 21.7 cm³/mol. The van der Waals surface area contributed by atoms with Gasteiger partial charge in [0.05, 0.1) is 0 Å². The first-order chi connectivity index (χ1) is 0. The number of hydrogen-bond acceptors (Lipinski definition) is 0. The van der Waals surface area contributed by atoms with E-state index in [0.717, 1.165) is 0 Å². The van der Waals surface area contributed by atoms with Gasteiger partial charge in [0, 0.05) is 41.7 Å². The first-order valence-electron chi connectivity index (χ1n) is 0. The Kier molecular flexibility index (Phi) is 9560. The second kappa shape index (κ2) is 251.